The van der Waals surface area contributed by atoms with Gasteiger partial charge in [-0.25, -0.2) is 0 Å². The molecular weight excluding hydrogens is 376 g/mol. The highest BCUT2D eigenvalue weighted by Gasteiger charge is 2.48. The highest BCUT2D eigenvalue weighted by Crippen LogP contribution is 2.32. The number of azide groups is 3. The maximum atomic E-state index is 10.4. The van der Waals surface area contributed by atoms with E-state index in [1.807, 2.05) is 0 Å². The van der Waals surface area contributed by atoms with Crippen LogP contribution < -0.4 is 5.73 Å². The quantitative estimate of drug-likeness (QED) is 0.279. The van der Waals surface area contributed by atoms with E-state index in [9.17, 15) is 15.3 Å². The van der Waals surface area contributed by atoms with E-state index in [1.165, 1.54) is 0 Å². The van der Waals surface area contributed by atoms with Crippen LogP contribution in [0.5, 0.6) is 0 Å². The Hall–Kier alpha value is -2.31. The zero-order chi connectivity index (χ0) is 20.8. The first kappa shape index (κ1) is 22.0. The fraction of sp³-hybridized carbons (Fsp3) is 1.00. The van der Waals surface area contributed by atoms with Gasteiger partial charge >= 0.3 is 0 Å². The lowest BCUT2D eigenvalue weighted by molar-refractivity contribution is -0.269. The molecule has 15 heteroatoms. The Labute approximate surface area is 158 Å². The number of aliphatic hydroxyl groups excluding tert-OH is 3. The number of nitrogens with zero attached hydrogens (tertiary/aromatic N) is 9. The fourth-order valence-electron chi connectivity index (χ4n) is 3.37. The van der Waals surface area contributed by atoms with Crippen molar-refractivity contribution >= 4 is 0 Å². The van der Waals surface area contributed by atoms with Gasteiger partial charge in [0.1, 0.15) is 12.1 Å². The normalized spacial score (nSPS) is 41.7. The Bertz CT molecular complexity index is 689. The van der Waals surface area contributed by atoms with Crippen LogP contribution in [0.3, 0.4) is 0 Å². The van der Waals surface area contributed by atoms with Gasteiger partial charge in [-0.1, -0.05) is 15.3 Å². The van der Waals surface area contributed by atoms with E-state index in [0.29, 0.717) is 0 Å². The van der Waals surface area contributed by atoms with Crippen molar-refractivity contribution in [3.05, 3.63) is 31.3 Å². The molecule has 1 saturated heterocycles. The molecule has 5 N–H and O–H groups in total. The summed E-state index contributed by atoms with van der Waals surface area (Å²) in [6.45, 7) is 1.66. The van der Waals surface area contributed by atoms with Crippen LogP contribution in [-0.2, 0) is 9.47 Å². The zero-order valence-corrected chi connectivity index (χ0v) is 14.9. The maximum Gasteiger partial charge on any atom is 0.169 e. The molecule has 0 radical (unpaired) electrons. The van der Waals surface area contributed by atoms with E-state index in [4.69, 9.17) is 31.8 Å². The van der Waals surface area contributed by atoms with Gasteiger partial charge in [0.15, 0.2) is 6.29 Å². The van der Waals surface area contributed by atoms with Crippen LogP contribution in [-0.4, -0.2) is 76.3 Å². The minimum absolute atomic E-state index is 0.0881. The molecule has 2 aliphatic rings. The molecule has 2 rings (SSSR count). The number of hydrogen-bond donors (Lipinski definition) is 4. The predicted molar refractivity (Wildman–Crippen MR) is 93.2 cm³/mol. The van der Waals surface area contributed by atoms with E-state index in [-0.39, 0.29) is 12.8 Å². The van der Waals surface area contributed by atoms with Crippen LogP contribution in [0.1, 0.15) is 19.8 Å². The topological polar surface area (TPSA) is 251 Å². The number of ether oxygens (including phenoxy) is 2. The van der Waals surface area contributed by atoms with Crippen LogP contribution in [0.4, 0.5) is 0 Å². The average Bonchev–Trinajstić information content (AvgIpc) is 2.65. The minimum Gasteiger partial charge on any atom is -0.392 e. The van der Waals surface area contributed by atoms with Gasteiger partial charge in [0.25, 0.3) is 0 Å². The molecule has 1 aliphatic carbocycles. The summed E-state index contributed by atoms with van der Waals surface area (Å²) in [5.74, 6) is 0. The molecule has 28 heavy (non-hydrogen) atoms. The third kappa shape index (κ3) is 4.75. The van der Waals surface area contributed by atoms with Gasteiger partial charge in [-0.15, -0.1) is 0 Å². The standard InChI is InChI=1S/C13H22N10O5/c1-4(14)8-3-7(24)9(20-23-17)13(27-8)28-12-6(19-22-16)2-5(18-21-15)10(25)11(12)26/h4-13,24-26H,2-3,14H2,1H3/t4?,5-,6?,7+,8?,9?,10?,11-,12-,13-/m1/s1. The Morgan fingerprint density at radius 1 is 1.00 bits per heavy atom. The van der Waals surface area contributed by atoms with Crippen molar-refractivity contribution in [1.29, 1.82) is 0 Å². The largest absolute Gasteiger partial charge is 0.392 e. The second kappa shape index (κ2) is 9.75. The molecule has 1 heterocycles. The first-order chi connectivity index (χ1) is 13.3. The van der Waals surface area contributed by atoms with Gasteiger partial charge in [-0.2, -0.15) is 0 Å². The minimum atomic E-state index is -1.59. The molecule has 5 unspecified atom stereocenters. The summed E-state index contributed by atoms with van der Waals surface area (Å²) in [6.07, 6.45) is -7.38. The van der Waals surface area contributed by atoms with Crippen molar-refractivity contribution < 1.29 is 24.8 Å². The molecule has 2 fully saturated rings. The Kier molecular flexibility index (Phi) is 7.66. The highest BCUT2D eigenvalue weighted by molar-refractivity contribution is 5.01. The Morgan fingerprint density at radius 2 is 1.61 bits per heavy atom. The second-order valence-electron chi connectivity index (χ2n) is 6.76. The maximum absolute atomic E-state index is 10.4. The van der Waals surface area contributed by atoms with Gasteiger partial charge in [0.05, 0.1) is 36.5 Å². The molecular formula is C13H22N10O5. The van der Waals surface area contributed by atoms with Crippen molar-refractivity contribution in [2.75, 3.05) is 0 Å². The van der Waals surface area contributed by atoms with Gasteiger partial charge < -0.3 is 30.5 Å². The molecule has 1 saturated carbocycles. The first-order valence-electron chi connectivity index (χ1n) is 8.57. The molecule has 0 aromatic heterocycles. The van der Waals surface area contributed by atoms with Gasteiger partial charge in [-0.05, 0) is 29.9 Å². The van der Waals surface area contributed by atoms with E-state index in [2.05, 4.69) is 30.1 Å². The van der Waals surface area contributed by atoms with Crippen molar-refractivity contribution in [2.45, 2.75) is 80.7 Å². The smallest absolute Gasteiger partial charge is 0.169 e. The van der Waals surface area contributed by atoms with E-state index >= 15 is 0 Å². The summed E-state index contributed by atoms with van der Waals surface area (Å²) in [5.41, 5.74) is 32.0. The molecule has 0 spiro atoms. The van der Waals surface area contributed by atoms with Crippen LogP contribution in [0.25, 0.3) is 31.3 Å². The summed E-state index contributed by atoms with van der Waals surface area (Å²) in [4.78, 5) is 7.98. The number of nitrogens with two attached hydrogens (primary N) is 1. The predicted octanol–water partition coefficient (Wildman–Crippen LogP) is 0.357. The molecule has 154 valence electrons. The number of hydrogen-bond acceptors (Lipinski definition) is 9. The van der Waals surface area contributed by atoms with Crippen LogP contribution in [0.15, 0.2) is 15.3 Å². The van der Waals surface area contributed by atoms with Crippen molar-refractivity contribution in [3.8, 4) is 0 Å². The third-order valence-corrected chi connectivity index (χ3v) is 4.86. The lowest BCUT2D eigenvalue weighted by Crippen LogP contribution is -2.60. The molecule has 0 amide bonds. The molecule has 15 nitrogen and oxygen atoms in total. The summed E-state index contributed by atoms with van der Waals surface area (Å²) in [7, 11) is 0. The van der Waals surface area contributed by atoms with Gasteiger partial charge in [0.2, 0.25) is 0 Å². The third-order valence-electron chi connectivity index (χ3n) is 4.86. The van der Waals surface area contributed by atoms with Crippen LogP contribution in [0.2, 0.25) is 0 Å². The number of rotatable bonds is 6. The lowest BCUT2D eigenvalue weighted by atomic mass is 9.84. The summed E-state index contributed by atoms with van der Waals surface area (Å²) in [5, 5.41) is 41.4. The summed E-state index contributed by atoms with van der Waals surface area (Å²) >= 11 is 0. The van der Waals surface area contributed by atoms with Crippen molar-refractivity contribution in [2.24, 2.45) is 21.1 Å². The van der Waals surface area contributed by atoms with Gasteiger partial charge in [-0.3, -0.25) is 0 Å². The first-order valence-corrected chi connectivity index (χ1v) is 8.57. The van der Waals surface area contributed by atoms with E-state index < -0.39 is 61.0 Å². The van der Waals surface area contributed by atoms with E-state index in [1.54, 1.807) is 6.92 Å². The van der Waals surface area contributed by atoms with Gasteiger partial charge in [0, 0.05) is 27.2 Å². The second-order valence-corrected chi connectivity index (χ2v) is 6.76. The molecule has 0 bridgehead atoms. The van der Waals surface area contributed by atoms with Crippen molar-refractivity contribution in [3.63, 3.8) is 0 Å². The highest BCUT2D eigenvalue weighted by atomic mass is 16.7. The Balaban J connectivity index is 2.30. The summed E-state index contributed by atoms with van der Waals surface area (Å²) < 4.78 is 11.4. The van der Waals surface area contributed by atoms with Crippen molar-refractivity contribution in [1.82, 2.24) is 0 Å². The monoisotopic (exact) mass is 398 g/mol. The molecule has 1 aliphatic heterocycles. The SMILES string of the molecule is CC(N)C1C[C@H](O)C(N=[N+]=[N-])[C@@H](O[C@@H]2C(N=[N+]=[N-])C[C@@H](N=[N+]=[N-])C(O)[C@H]2O)O1. The average molecular weight is 398 g/mol. The fourth-order valence-corrected chi connectivity index (χ4v) is 3.37. The molecule has 0 aromatic carbocycles. The lowest BCUT2D eigenvalue weighted by Gasteiger charge is -2.44. The molecule has 10 atom stereocenters. The zero-order valence-electron chi connectivity index (χ0n) is 14.9. The molecule has 0 aromatic rings. The number of aliphatic hydroxyl groups is 3. The van der Waals surface area contributed by atoms with E-state index in [0.717, 1.165) is 0 Å². The van der Waals surface area contributed by atoms with Crippen LogP contribution >= 0.6 is 0 Å². The summed E-state index contributed by atoms with van der Waals surface area (Å²) in [6, 6.07) is -3.66. The Morgan fingerprint density at radius 3 is 2.18 bits per heavy atom. The van der Waals surface area contributed by atoms with Crippen LogP contribution in [0, 0.1) is 0 Å².